The summed E-state index contributed by atoms with van der Waals surface area (Å²) in [7, 11) is 1.73. The maximum absolute atomic E-state index is 6.16. The van der Waals surface area contributed by atoms with E-state index >= 15 is 0 Å². The Balaban J connectivity index is 1.84. The van der Waals surface area contributed by atoms with E-state index in [0.717, 1.165) is 24.2 Å². The number of allylic oxidation sites excluding steroid dienone is 3. The van der Waals surface area contributed by atoms with Crippen molar-refractivity contribution < 1.29 is 4.42 Å². The molecule has 1 atom stereocenters. The highest BCUT2D eigenvalue weighted by Gasteiger charge is 2.26. The maximum Gasteiger partial charge on any atom is 0.135 e. The van der Waals surface area contributed by atoms with Crippen molar-refractivity contribution in [3.8, 4) is 0 Å². The Bertz CT molecular complexity index is 974. The van der Waals surface area contributed by atoms with Crippen LogP contribution in [0, 0.1) is 12.8 Å². The van der Waals surface area contributed by atoms with Gasteiger partial charge in [0.15, 0.2) is 0 Å². The van der Waals surface area contributed by atoms with Crippen molar-refractivity contribution in [1.82, 2.24) is 4.90 Å². The number of aryl methyl sites for hydroxylation is 2. The van der Waals surface area contributed by atoms with Crippen molar-refractivity contribution in [1.29, 1.82) is 0 Å². The minimum absolute atomic E-state index is 0.287. The molecule has 1 radical (unpaired) electrons. The van der Waals surface area contributed by atoms with E-state index in [1.165, 1.54) is 27.6 Å². The van der Waals surface area contributed by atoms with E-state index in [1.807, 2.05) is 0 Å². The second-order valence-corrected chi connectivity index (χ2v) is 11.1. The fourth-order valence-electron chi connectivity index (χ4n) is 4.40. The molecule has 141 valence electrons. The highest BCUT2D eigenvalue weighted by Crippen LogP contribution is 2.39. The van der Waals surface area contributed by atoms with Crippen LogP contribution in [-0.2, 0) is 6.42 Å². The maximum atomic E-state index is 6.16. The van der Waals surface area contributed by atoms with E-state index in [2.05, 4.69) is 82.4 Å². The summed E-state index contributed by atoms with van der Waals surface area (Å²) >= 11 is 0. The SMILES string of the molecule is Cc1cc2oc3c(c2cc1C1C=C(C(C)C)C([Si](C)C)=CN1C)C=CCC3. The Kier molecular flexibility index (Phi) is 4.67. The molecule has 0 saturated heterocycles. The molecule has 1 aromatic heterocycles. The topological polar surface area (TPSA) is 16.4 Å². The van der Waals surface area contributed by atoms with E-state index in [-0.39, 0.29) is 6.04 Å². The average Bonchev–Trinajstić information content (AvgIpc) is 2.97. The van der Waals surface area contributed by atoms with Gasteiger partial charge >= 0.3 is 0 Å². The molecule has 4 rings (SSSR count). The molecule has 2 nitrogen and oxygen atoms in total. The molecule has 3 heteroatoms. The first-order valence-electron chi connectivity index (χ1n) is 10.1. The lowest BCUT2D eigenvalue weighted by Crippen LogP contribution is -2.27. The van der Waals surface area contributed by atoms with E-state index in [0.29, 0.717) is 5.92 Å². The van der Waals surface area contributed by atoms with E-state index in [9.17, 15) is 0 Å². The van der Waals surface area contributed by atoms with Gasteiger partial charge in [0.25, 0.3) is 0 Å². The fraction of sp³-hybridized carbons (Fsp3) is 0.417. The minimum Gasteiger partial charge on any atom is -0.460 e. The van der Waals surface area contributed by atoms with Gasteiger partial charge in [-0.15, -0.1) is 0 Å². The van der Waals surface area contributed by atoms with Crippen LogP contribution in [0.1, 0.15) is 48.8 Å². The summed E-state index contributed by atoms with van der Waals surface area (Å²) in [5.41, 5.74) is 6.55. The number of hydrogen-bond acceptors (Lipinski definition) is 2. The number of hydrogen-bond donors (Lipinski definition) is 0. The molecule has 1 aromatic carbocycles. The summed E-state index contributed by atoms with van der Waals surface area (Å²) in [6.45, 7) is 11.6. The summed E-state index contributed by atoms with van der Waals surface area (Å²) in [4.78, 5) is 2.40. The van der Waals surface area contributed by atoms with Gasteiger partial charge in [-0.2, -0.15) is 0 Å². The predicted molar refractivity (Wildman–Crippen MR) is 117 cm³/mol. The second-order valence-electron chi connectivity index (χ2n) is 8.51. The minimum atomic E-state index is -0.485. The zero-order valence-corrected chi connectivity index (χ0v) is 18.4. The molecule has 2 heterocycles. The van der Waals surface area contributed by atoms with Gasteiger partial charge < -0.3 is 9.32 Å². The Hall–Kier alpha value is -2.00. The molecular formula is C24H30NOSi. The zero-order chi connectivity index (χ0) is 19.3. The smallest absolute Gasteiger partial charge is 0.135 e. The fourth-order valence-corrected chi connectivity index (χ4v) is 5.81. The van der Waals surface area contributed by atoms with Crippen molar-refractivity contribution in [3.05, 3.63) is 63.7 Å². The second kappa shape index (κ2) is 6.86. The highest BCUT2D eigenvalue weighted by atomic mass is 28.3. The number of rotatable bonds is 3. The van der Waals surface area contributed by atoms with Crippen molar-refractivity contribution in [3.63, 3.8) is 0 Å². The largest absolute Gasteiger partial charge is 0.460 e. The molecule has 0 saturated carbocycles. The number of furan rings is 1. The van der Waals surface area contributed by atoms with Crippen LogP contribution in [0.2, 0.25) is 13.1 Å². The number of nitrogens with zero attached hydrogens (tertiary/aromatic N) is 1. The quantitative estimate of drug-likeness (QED) is 0.573. The van der Waals surface area contributed by atoms with Crippen LogP contribution in [0.3, 0.4) is 0 Å². The summed E-state index contributed by atoms with van der Waals surface area (Å²) in [6, 6.07) is 4.90. The lowest BCUT2D eigenvalue weighted by molar-refractivity contribution is 0.381. The van der Waals surface area contributed by atoms with Gasteiger partial charge in [0.2, 0.25) is 0 Å². The van der Waals surface area contributed by atoms with E-state index in [4.69, 9.17) is 4.42 Å². The van der Waals surface area contributed by atoms with Crippen LogP contribution < -0.4 is 0 Å². The van der Waals surface area contributed by atoms with Crippen molar-refractivity contribution in [2.45, 2.75) is 52.7 Å². The molecular weight excluding hydrogens is 346 g/mol. The van der Waals surface area contributed by atoms with E-state index in [1.54, 1.807) is 5.20 Å². The molecule has 0 fully saturated rings. The highest BCUT2D eigenvalue weighted by molar-refractivity contribution is 6.65. The zero-order valence-electron chi connectivity index (χ0n) is 17.4. The van der Waals surface area contributed by atoms with Crippen LogP contribution >= 0.6 is 0 Å². The van der Waals surface area contributed by atoms with Gasteiger partial charge in [-0.05, 0) is 59.5 Å². The number of fused-ring (bicyclic) bond motifs is 3. The normalized spacial score (nSPS) is 19.7. The Morgan fingerprint density at radius 1 is 1.22 bits per heavy atom. The van der Waals surface area contributed by atoms with Crippen LogP contribution in [0.15, 0.2) is 45.7 Å². The number of benzene rings is 1. The van der Waals surface area contributed by atoms with Crippen LogP contribution in [-0.4, -0.2) is 20.7 Å². The third kappa shape index (κ3) is 3.12. The molecule has 2 aromatic rings. The Morgan fingerprint density at radius 2 is 2.00 bits per heavy atom. The average molecular weight is 377 g/mol. The van der Waals surface area contributed by atoms with Crippen molar-refractivity contribution in [2.24, 2.45) is 5.92 Å². The molecule has 1 aliphatic heterocycles. The van der Waals surface area contributed by atoms with Crippen molar-refractivity contribution >= 4 is 25.8 Å². The van der Waals surface area contributed by atoms with Crippen molar-refractivity contribution in [2.75, 3.05) is 7.05 Å². The predicted octanol–water partition coefficient (Wildman–Crippen LogP) is 6.45. The van der Waals surface area contributed by atoms with Gasteiger partial charge in [0, 0.05) is 24.4 Å². The standard InChI is InChI=1S/C24H30NOSi/c1-15(2)18-13-21(25(4)14-24(18)27(5)6)19-12-20-17-9-7-8-10-22(17)26-23(20)11-16(19)3/h7,9,11-15,21H,8,10H2,1-6H3. The Labute approximate surface area is 164 Å². The molecule has 0 spiro atoms. The molecule has 2 aliphatic rings. The monoisotopic (exact) mass is 376 g/mol. The number of likely N-dealkylation sites (N-methyl/N-ethyl adjacent to an activating group) is 1. The summed E-state index contributed by atoms with van der Waals surface area (Å²) in [5.74, 6) is 1.70. The van der Waals surface area contributed by atoms with Crippen LogP contribution in [0.25, 0.3) is 17.0 Å². The first-order chi connectivity index (χ1) is 12.9. The Morgan fingerprint density at radius 3 is 2.70 bits per heavy atom. The third-order valence-corrected chi connectivity index (χ3v) is 7.41. The van der Waals surface area contributed by atoms with Gasteiger partial charge in [-0.25, -0.2) is 0 Å². The summed E-state index contributed by atoms with van der Waals surface area (Å²) in [5, 5.41) is 2.83. The van der Waals surface area contributed by atoms with Gasteiger partial charge in [-0.1, -0.05) is 45.2 Å². The molecule has 27 heavy (non-hydrogen) atoms. The molecule has 0 N–H and O–H groups in total. The summed E-state index contributed by atoms with van der Waals surface area (Å²) < 4.78 is 6.16. The third-order valence-electron chi connectivity index (χ3n) is 5.91. The first kappa shape index (κ1) is 18.4. The van der Waals surface area contributed by atoms with Gasteiger partial charge in [0.05, 0.1) is 14.8 Å². The first-order valence-corrected chi connectivity index (χ1v) is 12.6. The molecule has 0 bridgehead atoms. The van der Waals surface area contributed by atoms with Gasteiger partial charge in [-0.3, -0.25) is 0 Å². The molecule has 0 amide bonds. The molecule has 1 aliphatic carbocycles. The van der Waals surface area contributed by atoms with Crippen LogP contribution in [0.5, 0.6) is 0 Å². The van der Waals surface area contributed by atoms with E-state index < -0.39 is 8.80 Å². The molecule has 1 unspecified atom stereocenters. The van der Waals surface area contributed by atoms with Gasteiger partial charge in [0.1, 0.15) is 11.3 Å². The lowest BCUT2D eigenvalue weighted by Gasteiger charge is -2.35. The summed E-state index contributed by atoms with van der Waals surface area (Å²) in [6.07, 6.45) is 11.5. The van der Waals surface area contributed by atoms with Crippen LogP contribution in [0.4, 0.5) is 0 Å². The lowest BCUT2D eigenvalue weighted by atomic mass is 9.90.